The molecule has 0 radical (unpaired) electrons. The van der Waals surface area contributed by atoms with Crippen LogP contribution in [0, 0.1) is 5.92 Å². The van der Waals surface area contributed by atoms with Gasteiger partial charge in [0.05, 0.1) is 0 Å². The molecule has 2 aromatic carbocycles. The second-order valence-electron chi connectivity index (χ2n) is 8.39. The molecule has 0 spiro atoms. The molecule has 0 aliphatic heterocycles. The highest BCUT2D eigenvalue weighted by Crippen LogP contribution is 2.44. The maximum atomic E-state index is 12.2. The van der Waals surface area contributed by atoms with Gasteiger partial charge in [0.15, 0.2) is 0 Å². The lowest BCUT2D eigenvalue weighted by Crippen LogP contribution is -2.30. The largest absolute Gasteiger partial charge is 0.481 e. The second-order valence-corrected chi connectivity index (χ2v) is 8.39. The summed E-state index contributed by atoms with van der Waals surface area (Å²) in [6, 6.07) is 16.4. The van der Waals surface area contributed by atoms with Gasteiger partial charge in [-0.3, -0.25) is 9.59 Å². The highest BCUT2D eigenvalue weighted by molar-refractivity contribution is 5.79. The van der Waals surface area contributed by atoms with E-state index in [0.717, 1.165) is 0 Å². The number of rotatable bonds is 12. The first-order valence-electron chi connectivity index (χ1n) is 11.6. The van der Waals surface area contributed by atoms with Crippen molar-refractivity contribution in [1.29, 1.82) is 0 Å². The van der Waals surface area contributed by atoms with Crippen LogP contribution in [0.2, 0.25) is 0 Å². The number of unbranched alkanes of at least 4 members (excludes halogenated alkanes) is 1. The van der Waals surface area contributed by atoms with Gasteiger partial charge in [-0.1, -0.05) is 61.9 Å². The van der Waals surface area contributed by atoms with Crippen molar-refractivity contribution in [3.63, 3.8) is 0 Å². The van der Waals surface area contributed by atoms with Crippen LogP contribution in [0.4, 0.5) is 4.79 Å². The van der Waals surface area contributed by atoms with Crippen LogP contribution in [0.3, 0.4) is 0 Å². The van der Waals surface area contributed by atoms with Crippen LogP contribution in [0.15, 0.2) is 48.5 Å². The molecule has 176 valence electrons. The van der Waals surface area contributed by atoms with Gasteiger partial charge < -0.3 is 20.5 Å². The van der Waals surface area contributed by atoms with Gasteiger partial charge in [0.1, 0.15) is 6.61 Å². The lowest BCUT2D eigenvalue weighted by molar-refractivity contribution is -0.138. The Morgan fingerprint density at radius 2 is 1.61 bits per heavy atom. The van der Waals surface area contributed by atoms with Crippen molar-refractivity contribution >= 4 is 18.0 Å². The van der Waals surface area contributed by atoms with E-state index in [4.69, 9.17) is 9.84 Å². The Kier molecular flexibility index (Phi) is 8.87. The third-order valence-corrected chi connectivity index (χ3v) is 6.07. The summed E-state index contributed by atoms with van der Waals surface area (Å²) in [5, 5.41) is 14.4. The molecule has 0 aromatic heterocycles. The van der Waals surface area contributed by atoms with Gasteiger partial charge in [-0.2, -0.15) is 0 Å². The lowest BCUT2D eigenvalue weighted by Gasteiger charge is -2.15. The molecule has 7 heteroatoms. The molecular formula is C26H32N2O5. The SMILES string of the molecule is CCC(CNC(=O)CCCCNC(=O)OCC1c2ccccc2-c2ccccc21)CC(=O)O. The highest BCUT2D eigenvalue weighted by Gasteiger charge is 2.28. The standard InChI is InChI=1S/C26H32N2O5/c1-2-18(15-25(30)31)16-28-24(29)13-7-8-14-27-26(32)33-17-23-21-11-5-3-9-19(21)20-10-4-6-12-22(20)23/h3-6,9-12,18,23H,2,7-8,13-17H2,1H3,(H,27,32)(H,28,29)(H,30,31). The van der Waals surface area contributed by atoms with E-state index < -0.39 is 12.1 Å². The number of amides is 2. The number of benzene rings is 2. The second kappa shape index (κ2) is 12.0. The Labute approximate surface area is 194 Å². The number of alkyl carbamates (subject to hydrolysis) is 1. The minimum absolute atomic E-state index is 0.0277. The first kappa shape index (κ1) is 24.3. The summed E-state index contributed by atoms with van der Waals surface area (Å²) in [6.07, 6.45) is 1.93. The van der Waals surface area contributed by atoms with Gasteiger partial charge in [-0.25, -0.2) is 4.79 Å². The van der Waals surface area contributed by atoms with Crippen molar-refractivity contribution in [2.75, 3.05) is 19.7 Å². The predicted octanol–water partition coefficient (Wildman–Crippen LogP) is 4.31. The van der Waals surface area contributed by atoms with Gasteiger partial charge in [-0.15, -0.1) is 0 Å². The number of ether oxygens (including phenoxy) is 1. The van der Waals surface area contributed by atoms with Crippen molar-refractivity contribution in [3.8, 4) is 11.1 Å². The van der Waals surface area contributed by atoms with E-state index in [9.17, 15) is 14.4 Å². The molecule has 0 heterocycles. The fourth-order valence-corrected chi connectivity index (χ4v) is 4.20. The van der Waals surface area contributed by atoms with Crippen LogP contribution in [-0.2, 0) is 14.3 Å². The number of aliphatic carboxylic acids is 1. The zero-order valence-corrected chi connectivity index (χ0v) is 19.0. The van der Waals surface area contributed by atoms with Gasteiger partial charge in [0.2, 0.25) is 5.91 Å². The van der Waals surface area contributed by atoms with Crippen molar-refractivity contribution < 1.29 is 24.2 Å². The molecule has 0 bridgehead atoms. The fourth-order valence-electron chi connectivity index (χ4n) is 4.20. The highest BCUT2D eigenvalue weighted by atomic mass is 16.5. The Morgan fingerprint density at radius 1 is 0.970 bits per heavy atom. The van der Waals surface area contributed by atoms with Crippen molar-refractivity contribution in [3.05, 3.63) is 59.7 Å². The zero-order valence-electron chi connectivity index (χ0n) is 19.0. The third-order valence-electron chi connectivity index (χ3n) is 6.07. The molecule has 3 N–H and O–H groups in total. The van der Waals surface area contributed by atoms with Crippen LogP contribution in [0.1, 0.15) is 56.1 Å². The van der Waals surface area contributed by atoms with Gasteiger partial charge in [-0.05, 0) is 41.0 Å². The normalized spacial score (nSPS) is 13.0. The number of carbonyl (C=O) groups is 3. The molecule has 1 atom stereocenters. The monoisotopic (exact) mass is 452 g/mol. The molecule has 33 heavy (non-hydrogen) atoms. The number of carboxylic acids is 1. The molecule has 7 nitrogen and oxygen atoms in total. The number of hydrogen-bond acceptors (Lipinski definition) is 4. The summed E-state index contributed by atoms with van der Waals surface area (Å²) in [5.41, 5.74) is 4.72. The van der Waals surface area contributed by atoms with Crippen LogP contribution in [0.25, 0.3) is 11.1 Å². The maximum Gasteiger partial charge on any atom is 0.407 e. The fraction of sp³-hybridized carbons (Fsp3) is 0.423. The Morgan fingerprint density at radius 3 is 2.21 bits per heavy atom. The molecule has 0 fully saturated rings. The summed E-state index contributed by atoms with van der Waals surface area (Å²) < 4.78 is 5.50. The predicted molar refractivity (Wildman–Crippen MR) is 126 cm³/mol. The third kappa shape index (κ3) is 6.81. The maximum absolute atomic E-state index is 12.2. The molecule has 3 rings (SSSR count). The van der Waals surface area contributed by atoms with Gasteiger partial charge in [0, 0.05) is 31.8 Å². The van der Waals surface area contributed by atoms with Crippen LogP contribution < -0.4 is 10.6 Å². The topological polar surface area (TPSA) is 105 Å². The summed E-state index contributed by atoms with van der Waals surface area (Å²) in [4.78, 5) is 34.9. The number of carboxylic acid groups (broad SMARTS) is 1. The molecule has 1 unspecified atom stereocenters. The molecule has 1 aliphatic rings. The molecule has 1 aliphatic carbocycles. The Hall–Kier alpha value is -3.35. The molecule has 2 amide bonds. The summed E-state index contributed by atoms with van der Waals surface area (Å²) in [7, 11) is 0. The minimum Gasteiger partial charge on any atom is -0.481 e. The number of fused-ring (bicyclic) bond motifs is 3. The Bertz CT molecular complexity index is 929. The van der Waals surface area contributed by atoms with E-state index in [2.05, 4.69) is 34.9 Å². The van der Waals surface area contributed by atoms with Crippen molar-refractivity contribution in [1.82, 2.24) is 10.6 Å². The van der Waals surface area contributed by atoms with Crippen LogP contribution >= 0.6 is 0 Å². The summed E-state index contributed by atoms with van der Waals surface area (Å²) in [6.45, 7) is 2.99. The minimum atomic E-state index is -0.851. The van der Waals surface area contributed by atoms with Gasteiger partial charge in [0.25, 0.3) is 0 Å². The lowest BCUT2D eigenvalue weighted by atomic mass is 9.98. The Balaban J connectivity index is 1.33. The van der Waals surface area contributed by atoms with Gasteiger partial charge >= 0.3 is 12.1 Å². The quantitative estimate of drug-likeness (QED) is 0.416. The molecule has 0 saturated heterocycles. The average molecular weight is 453 g/mol. The zero-order chi connectivity index (χ0) is 23.6. The van der Waals surface area contributed by atoms with E-state index in [0.29, 0.717) is 38.8 Å². The smallest absolute Gasteiger partial charge is 0.407 e. The van der Waals surface area contributed by atoms with E-state index in [1.54, 1.807) is 0 Å². The van der Waals surface area contributed by atoms with Crippen LogP contribution in [-0.4, -0.2) is 42.8 Å². The van der Waals surface area contributed by atoms with Crippen molar-refractivity contribution in [2.45, 2.75) is 44.9 Å². The average Bonchev–Trinajstić information content (AvgIpc) is 3.13. The first-order chi connectivity index (χ1) is 16.0. The molecule has 0 saturated carbocycles. The summed E-state index contributed by atoms with van der Waals surface area (Å²) >= 11 is 0. The molecular weight excluding hydrogens is 420 g/mol. The van der Waals surface area contributed by atoms with E-state index >= 15 is 0 Å². The number of nitrogens with one attached hydrogen (secondary N) is 2. The van der Waals surface area contributed by atoms with E-state index in [-0.39, 0.29) is 30.8 Å². The van der Waals surface area contributed by atoms with Crippen molar-refractivity contribution in [2.24, 2.45) is 5.92 Å². The van der Waals surface area contributed by atoms with E-state index in [1.807, 2.05) is 31.2 Å². The van der Waals surface area contributed by atoms with E-state index in [1.165, 1.54) is 22.3 Å². The molecule has 2 aromatic rings. The van der Waals surface area contributed by atoms with Crippen LogP contribution in [0.5, 0.6) is 0 Å². The summed E-state index contributed by atoms with van der Waals surface area (Å²) in [5.74, 6) is -0.975. The number of hydrogen-bond donors (Lipinski definition) is 3. The first-order valence-corrected chi connectivity index (χ1v) is 11.6. The number of carbonyl (C=O) groups excluding carboxylic acids is 2.